The molecule has 0 aliphatic heterocycles. The number of hydrogen-bond donors (Lipinski definition) is 1. The third kappa shape index (κ3) is 1.48. The third-order valence-corrected chi connectivity index (χ3v) is 2.06. The van der Waals surface area contributed by atoms with Crippen LogP contribution in [0.1, 0.15) is 26.7 Å². The second kappa shape index (κ2) is 3.56. The van der Waals surface area contributed by atoms with Gasteiger partial charge in [0.1, 0.15) is 5.54 Å². The van der Waals surface area contributed by atoms with Gasteiger partial charge in [-0.2, -0.15) is 0 Å². The molecule has 0 spiro atoms. The van der Waals surface area contributed by atoms with E-state index in [2.05, 4.69) is 5.32 Å². The predicted molar refractivity (Wildman–Crippen MR) is 40.6 cm³/mol. The molecule has 0 fully saturated rings. The van der Waals surface area contributed by atoms with E-state index in [1.54, 1.807) is 7.05 Å². The molecule has 0 heterocycles. The van der Waals surface area contributed by atoms with Crippen LogP contribution in [0.5, 0.6) is 0 Å². The van der Waals surface area contributed by atoms with E-state index < -0.39 is 5.54 Å². The van der Waals surface area contributed by atoms with Crippen molar-refractivity contribution in [3.8, 4) is 0 Å². The first-order chi connectivity index (χ1) is 4.63. The van der Waals surface area contributed by atoms with Crippen molar-refractivity contribution in [1.29, 1.82) is 0 Å². The van der Waals surface area contributed by atoms with Crippen LogP contribution in [0.3, 0.4) is 0 Å². The molecular formula is C7H15N2O. The van der Waals surface area contributed by atoms with E-state index in [1.807, 2.05) is 13.8 Å². The molecule has 0 aliphatic carbocycles. The minimum atomic E-state index is -0.611. The molecule has 3 heteroatoms. The van der Waals surface area contributed by atoms with E-state index in [1.165, 1.54) is 0 Å². The maximum atomic E-state index is 10.8. The van der Waals surface area contributed by atoms with E-state index in [0.29, 0.717) is 12.8 Å². The lowest BCUT2D eigenvalue weighted by atomic mass is 9.92. The van der Waals surface area contributed by atoms with Crippen LogP contribution in [-0.4, -0.2) is 18.5 Å². The highest BCUT2D eigenvalue weighted by Gasteiger charge is 2.31. The van der Waals surface area contributed by atoms with Gasteiger partial charge in [0, 0.05) is 7.05 Å². The summed E-state index contributed by atoms with van der Waals surface area (Å²) in [6.07, 6.45) is 1.38. The first-order valence-electron chi connectivity index (χ1n) is 3.53. The third-order valence-electron chi connectivity index (χ3n) is 2.06. The summed E-state index contributed by atoms with van der Waals surface area (Å²) < 4.78 is 0. The zero-order valence-corrected chi connectivity index (χ0v) is 6.85. The average Bonchev–Trinajstić information content (AvgIpc) is 1.92. The fraction of sp³-hybridized carbons (Fsp3) is 0.857. The molecule has 0 saturated heterocycles. The van der Waals surface area contributed by atoms with Gasteiger partial charge in [0.05, 0.1) is 0 Å². The van der Waals surface area contributed by atoms with E-state index in [9.17, 15) is 4.79 Å². The fourth-order valence-corrected chi connectivity index (χ4v) is 1.02. The Morgan fingerprint density at radius 3 is 1.90 bits per heavy atom. The molecule has 0 saturated carbocycles. The number of rotatable bonds is 4. The van der Waals surface area contributed by atoms with E-state index in [0.717, 1.165) is 0 Å². The van der Waals surface area contributed by atoms with Crippen LogP contribution >= 0.6 is 0 Å². The topological polar surface area (TPSA) is 57.2 Å². The minimum Gasteiger partial charge on any atom is -0.368 e. The molecule has 10 heavy (non-hydrogen) atoms. The summed E-state index contributed by atoms with van der Waals surface area (Å²) in [6, 6.07) is 0. The Labute approximate surface area is 62.0 Å². The number of carbonyl (C=O) groups is 1. The molecule has 0 atom stereocenters. The van der Waals surface area contributed by atoms with Gasteiger partial charge in [0.25, 0.3) is 0 Å². The summed E-state index contributed by atoms with van der Waals surface area (Å²) in [5.74, 6) is -0.319. The van der Waals surface area contributed by atoms with Crippen LogP contribution in [0.25, 0.3) is 0 Å². The largest absolute Gasteiger partial charge is 0.368 e. The Morgan fingerprint density at radius 2 is 1.90 bits per heavy atom. The van der Waals surface area contributed by atoms with Gasteiger partial charge in [-0.15, -0.1) is 0 Å². The number of nitrogens with zero attached hydrogens (tertiary/aromatic N) is 1. The fourth-order valence-electron chi connectivity index (χ4n) is 1.02. The summed E-state index contributed by atoms with van der Waals surface area (Å²) in [5.41, 5.74) is 4.56. The SMILES string of the molecule is CCC(CC)([N]C)C(N)=O. The zero-order chi connectivity index (χ0) is 8.20. The Kier molecular flexibility index (Phi) is 3.36. The second-order valence-corrected chi connectivity index (χ2v) is 2.33. The van der Waals surface area contributed by atoms with Gasteiger partial charge in [-0.3, -0.25) is 4.79 Å². The van der Waals surface area contributed by atoms with Crippen molar-refractivity contribution in [1.82, 2.24) is 5.32 Å². The summed E-state index contributed by atoms with van der Waals surface area (Å²) in [7, 11) is 1.64. The molecule has 0 bridgehead atoms. The van der Waals surface area contributed by atoms with E-state index in [4.69, 9.17) is 5.73 Å². The van der Waals surface area contributed by atoms with E-state index >= 15 is 0 Å². The molecule has 0 rings (SSSR count). The average molecular weight is 143 g/mol. The van der Waals surface area contributed by atoms with Crippen molar-refractivity contribution in [2.45, 2.75) is 32.2 Å². The molecule has 0 aromatic carbocycles. The van der Waals surface area contributed by atoms with Crippen LogP contribution < -0.4 is 11.1 Å². The van der Waals surface area contributed by atoms with Gasteiger partial charge >= 0.3 is 0 Å². The van der Waals surface area contributed by atoms with Gasteiger partial charge in [0.2, 0.25) is 5.91 Å². The summed E-state index contributed by atoms with van der Waals surface area (Å²) >= 11 is 0. The highest BCUT2D eigenvalue weighted by Crippen LogP contribution is 2.14. The first kappa shape index (κ1) is 9.43. The van der Waals surface area contributed by atoms with Gasteiger partial charge in [0.15, 0.2) is 0 Å². The molecule has 1 amide bonds. The Balaban J connectivity index is 4.31. The minimum absolute atomic E-state index is 0.319. The monoisotopic (exact) mass is 143 g/mol. The van der Waals surface area contributed by atoms with Crippen molar-refractivity contribution >= 4 is 5.91 Å². The van der Waals surface area contributed by atoms with Crippen molar-refractivity contribution in [2.24, 2.45) is 5.73 Å². The Morgan fingerprint density at radius 1 is 1.50 bits per heavy atom. The number of nitrogens with two attached hydrogens (primary N) is 1. The van der Waals surface area contributed by atoms with Crippen molar-refractivity contribution in [3.05, 3.63) is 0 Å². The molecular weight excluding hydrogens is 128 g/mol. The lowest BCUT2D eigenvalue weighted by Gasteiger charge is -2.25. The number of hydrogen-bond acceptors (Lipinski definition) is 1. The highest BCUT2D eigenvalue weighted by molar-refractivity contribution is 5.84. The molecule has 59 valence electrons. The van der Waals surface area contributed by atoms with Crippen LogP contribution in [0.4, 0.5) is 0 Å². The molecule has 2 N–H and O–H groups in total. The number of amides is 1. The van der Waals surface area contributed by atoms with E-state index in [-0.39, 0.29) is 5.91 Å². The van der Waals surface area contributed by atoms with Crippen LogP contribution in [0, 0.1) is 0 Å². The standard InChI is InChI=1S/C7H15N2O/c1-4-7(5-2,9-3)6(8)10/h4-5H2,1-3H3,(H2,8,10). The molecule has 0 aromatic heterocycles. The zero-order valence-electron chi connectivity index (χ0n) is 6.85. The lowest BCUT2D eigenvalue weighted by Crippen LogP contribution is -2.49. The first-order valence-corrected chi connectivity index (χ1v) is 3.53. The second-order valence-electron chi connectivity index (χ2n) is 2.33. The lowest BCUT2D eigenvalue weighted by molar-refractivity contribution is -0.124. The van der Waals surface area contributed by atoms with Crippen LogP contribution in [0.2, 0.25) is 0 Å². The maximum absolute atomic E-state index is 10.8. The van der Waals surface area contributed by atoms with Gasteiger partial charge in [-0.25, -0.2) is 5.32 Å². The summed E-state index contributed by atoms with van der Waals surface area (Å²) in [6.45, 7) is 3.84. The van der Waals surface area contributed by atoms with Crippen LogP contribution in [-0.2, 0) is 4.79 Å². The Bertz CT molecular complexity index is 111. The smallest absolute Gasteiger partial charge is 0.239 e. The normalized spacial score (nSPS) is 11.5. The number of likely N-dealkylation sites (N-methyl/N-ethyl adjacent to an activating group) is 1. The molecule has 0 aromatic rings. The van der Waals surface area contributed by atoms with Gasteiger partial charge in [-0.05, 0) is 12.8 Å². The summed E-state index contributed by atoms with van der Waals surface area (Å²) in [4.78, 5) is 10.8. The van der Waals surface area contributed by atoms with Crippen molar-refractivity contribution < 1.29 is 4.79 Å². The quantitative estimate of drug-likeness (QED) is 0.603. The predicted octanol–water partition coefficient (Wildman–Crippen LogP) is 0.265. The molecule has 1 radical (unpaired) electrons. The van der Waals surface area contributed by atoms with Crippen LogP contribution in [0.15, 0.2) is 0 Å². The van der Waals surface area contributed by atoms with Gasteiger partial charge in [-0.1, -0.05) is 13.8 Å². The molecule has 0 aliphatic rings. The van der Waals surface area contributed by atoms with Crippen molar-refractivity contribution in [3.63, 3.8) is 0 Å². The maximum Gasteiger partial charge on any atom is 0.239 e. The number of carbonyl (C=O) groups excluding carboxylic acids is 1. The molecule has 0 unspecified atom stereocenters. The number of primary amides is 1. The summed E-state index contributed by atoms with van der Waals surface area (Å²) in [5, 5.41) is 3.98. The highest BCUT2D eigenvalue weighted by atomic mass is 16.1. The van der Waals surface area contributed by atoms with Crippen molar-refractivity contribution in [2.75, 3.05) is 7.05 Å². The van der Waals surface area contributed by atoms with Gasteiger partial charge < -0.3 is 5.73 Å². The Hall–Kier alpha value is -0.570. The molecule has 3 nitrogen and oxygen atoms in total.